The largest absolute Gasteiger partial charge is 0.491 e. The Morgan fingerprint density at radius 3 is 2.47 bits per heavy atom. The second-order valence-corrected chi connectivity index (χ2v) is 7.82. The van der Waals surface area contributed by atoms with Crippen molar-refractivity contribution in [3.63, 3.8) is 0 Å². The number of amides is 1. The van der Waals surface area contributed by atoms with Crippen LogP contribution in [-0.2, 0) is 21.5 Å². The monoisotopic (exact) mass is 411 g/mol. The average Bonchev–Trinajstić information content (AvgIpc) is 3.29. The zero-order valence-electron chi connectivity index (χ0n) is 17.4. The third-order valence-corrected chi connectivity index (χ3v) is 5.92. The molecule has 1 amide bonds. The van der Waals surface area contributed by atoms with Crippen molar-refractivity contribution in [1.29, 1.82) is 0 Å². The van der Waals surface area contributed by atoms with Gasteiger partial charge in [-0.25, -0.2) is 0 Å². The maximum Gasteiger partial charge on any atom is 0.230 e. The molecule has 160 valence electrons. The molecular formula is C24H29NO5. The number of hydrogen-bond acceptors (Lipinski definition) is 5. The molecule has 2 aliphatic rings. The van der Waals surface area contributed by atoms with E-state index >= 15 is 0 Å². The van der Waals surface area contributed by atoms with Crippen LogP contribution < -0.4 is 19.5 Å². The van der Waals surface area contributed by atoms with E-state index in [-0.39, 0.29) is 5.91 Å². The molecule has 4 rings (SSSR count). The summed E-state index contributed by atoms with van der Waals surface area (Å²) in [5.74, 6) is 2.37. The molecule has 0 radical (unpaired) electrons. The van der Waals surface area contributed by atoms with Crippen molar-refractivity contribution in [2.45, 2.75) is 37.6 Å². The van der Waals surface area contributed by atoms with Crippen molar-refractivity contribution in [3.05, 3.63) is 53.6 Å². The fourth-order valence-corrected chi connectivity index (χ4v) is 4.26. The molecule has 6 heteroatoms. The molecule has 1 aliphatic heterocycles. The number of methoxy groups -OCH3 is 1. The molecule has 0 saturated heterocycles. The van der Waals surface area contributed by atoms with E-state index in [4.69, 9.17) is 18.9 Å². The number of rotatable bonds is 8. The van der Waals surface area contributed by atoms with Crippen molar-refractivity contribution in [2.24, 2.45) is 0 Å². The predicted octanol–water partition coefficient (Wildman–Crippen LogP) is 3.61. The summed E-state index contributed by atoms with van der Waals surface area (Å²) in [6.45, 7) is 2.67. The van der Waals surface area contributed by atoms with E-state index in [0.29, 0.717) is 33.0 Å². The van der Waals surface area contributed by atoms with Crippen LogP contribution in [0.2, 0.25) is 0 Å². The molecule has 0 unspecified atom stereocenters. The zero-order valence-corrected chi connectivity index (χ0v) is 17.4. The molecule has 2 aromatic rings. The van der Waals surface area contributed by atoms with Crippen molar-refractivity contribution < 1.29 is 23.7 Å². The fourth-order valence-electron chi connectivity index (χ4n) is 4.26. The molecule has 0 spiro atoms. The third kappa shape index (κ3) is 4.38. The topological polar surface area (TPSA) is 66.0 Å². The van der Waals surface area contributed by atoms with Crippen LogP contribution in [0.3, 0.4) is 0 Å². The van der Waals surface area contributed by atoms with Crippen LogP contribution in [0.5, 0.6) is 17.2 Å². The van der Waals surface area contributed by atoms with Crippen molar-refractivity contribution in [3.8, 4) is 17.2 Å². The Labute approximate surface area is 177 Å². The van der Waals surface area contributed by atoms with Gasteiger partial charge in [-0.3, -0.25) is 4.79 Å². The number of hydrogen-bond donors (Lipinski definition) is 1. The van der Waals surface area contributed by atoms with Gasteiger partial charge in [0, 0.05) is 13.7 Å². The molecule has 30 heavy (non-hydrogen) atoms. The Bertz CT molecular complexity index is 858. The smallest absolute Gasteiger partial charge is 0.230 e. The lowest BCUT2D eigenvalue weighted by Gasteiger charge is -2.30. The van der Waals surface area contributed by atoms with E-state index in [0.717, 1.165) is 54.1 Å². The third-order valence-electron chi connectivity index (χ3n) is 5.92. The lowest BCUT2D eigenvalue weighted by Crippen LogP contribution is -2.42. The molecule has 2 aromatic carbocycles. The van der Waals surface area contributed by atoms with Gasteiger partial charge in [-0.1, -0.05) is 31.0 Å². The van der Waals surface area contributed by atoms with Gasteiger partial charge in [0.1, 0.15) is 25.6 Å². The normalized spacial score (nSPS) is 16.8. The van der Waals surface area contributed by atoms with E-state index in [1.54, 1.807) is 7.11 Å². The molecule has 1 heterocycles. The number of ether oxygens (including phenoxy) is 4. The molecular weight excluding hydrogens is 382 g/mol. The van der Waals surface area contributed by atoms with Gasteiger partial charge in [0.05, 0.1) is 12.0 Å². The van der Waals surface area contributed by atoms with Crippen LogP contribution in [0.1, 0.15) is 36.8 Å². The maximum absolute atomic E-state index is 13.3. The van der Waals surface area contributed by atoms with Crippen LogP contribution in [0.25, 0.3) is 0 Å². The molecule has 1 aliphatic carbocycles. The van der Waals surface area contributed by atoms with Crippen molar-refractivity contribution >= 4 is 5.91 Å². The molecule has 0 atom stereocenters. The van der Waals surface area contributed by atoms with E-state index in [9.17, 15) is 4.79 Å². The average molecular weight is 411 g/mol. The van der Waals surface area contributed by atoms with Gasteiger partial charge >= 0.3 is 0 Å². The van der Waals surface area contributed by atoms with Crippen LogP contribution in [0, 0.1) is 0 Å². The quantitative estimate of drug-likeness (QED) is 0.672. The summed E-state index contributed by atoms with van der Waals surface area (Å²) in [6.07, 6.45) is 3.81. The Morgan fingerprint density at radius 1 is 1.00 bits per heavy atom. The first-order chi connectivity index (χ1) is 14.7. The highest BCUT2D eigenvalue weighted by atomic mass is 16.6. The van der Waals surface area contributed by atoms with Crippen LogP contribution in [0.4, 0.5) is 0 Å². The van der Waals surface area contributed by atoms with Gasteiger partial charge in [-0.2, -0.15) is 0 Å². The second-order valence-electron chi connectivity index (χ2n) is 7.82. The Kier molecular flexibility index (Phi) is 6.43. The highest BCUT2D eigenvalue weighted by molar-refractivity contribution is 5.88. The molecule has 0 aromatic heterocycles. The lowest BCUT2D eigenvalue weighted by molar-refractivity contribution is -0.126. The van der Waals surface area contributed by atoms with E-state index in [1.807, 2.05) is 42.5 Å². The maximum atomic E-state index is 13.3. The Balaban J connectivity index is 1.43. The number of fused-ring (bicyclic) bond motifs is 1. The minimum Gasteiger partial charge on any atom is -0.491 e. The summed E-state index contributed by atoms with van der Waals surface area (Å²) in [7, 11) is 1.65. The highest BCUT2D eigenvalue weighted by Crippen LogP contribution is 2.44. The van der Waals surface area contributed by atoms with E-state index < -0.39 is 5.41 Å². The van der Waals surface area contributed by atoms with Gasteiger partial charge in [0.25, 0.3) is 0 Å². The molecule has 1 saturated carbocycles. The number of nitrogens with one attached hydrogen (secondary N) is 1. The zero-order chi connectivity index (χ0) is 20.8. The summed E-state index contributed by atoms with van der Waals surface area (Å²) >= 11 is 0. The standard InChI is InChI=1S/C24H29NO5/c1-27-12-13-28-20-7-4-18(5-8-20)17-25-23(26)24(10-2-3-11-24)19-6-9-21-22(16-19)30-15-14-29-21/h4-9,16H,2-3,10-15,17H2,1H3,(H,25,26). The Hall–Kier alpha value is -2.73. The van der Waals surface area contributed by atoms with Gasteiger partial charge in [-0.15, -0.1) is 0 Å². The number of benzene rings is 2. The van der Waals surface area contributed by atoms with E-state index in [1.165, 1.54) is 0 Å². The SMILES string of the molecule is COCCOc1ccc(CNC(=O)C2(c3ccc4c(c3)OCCO4)CCCC2)cc1. The van der Waals surface area contributed by atoms with Crippen molar-refractivity contribution in [1.82, 2.24) is 5.32 Å². The minimum absolute atomic E-state index is 0.0806. The molecule has 0 bridgehead atoms. The minimum atomic E-state index is -0.501. The van der Waals surface area contributed by atoms with Gasteiger partial charge < -0.3 is 24.3 Å². The van der Waals surface area contributed by atoms with Crippen LogP contribution in [0.15, 0.2) is 42.5 Å². The lowest BCUT2D eigenvalue weighted by atomic mass is 9.77. The summed E-state index contributed by atoms with van der Waals surface area (Å²) in [6, 6.07) is 13.7. The second kappa shape index (κ2) is 9.39. The fraction of sp³-hybridized carbons (Fsp3) is 0.458. The summed E-state index contributed by atoms with van der Waals surface area (Å²) in [5.41, 5.74) is 1.56. The predicted molar refractivity (Wildman–Crippen MR) is 113 cm³/mol. The first-order valence-electron chi connectivity index (χ1n) is 10.6. The van der Waals surface area contributed by atoms with Gasteiger partial charge in [0.15, 0.2) is 11.5 Å². The van der Waals surface area contributed by atoms with Crippen LogP contribution in [-0.4, -0.2) is 39.4 Å². The molecule has 6 nitrogen and oxygen atoms in total. The first-order valence-corrected chi connectivity index (χ1v) is 10.6. The number of carbonyl (C=O) groups is 1. The Morgan fingerprint density at radius 2 is 1.73 bits per heavy atom. The van der Waals surface area contributed by atoms with Crippen LogP contribution >= 0.6 is 0 Å². The summed E-state index contributed by atoms with van der Waals surface area (Å²) in [4.78, 5) is 13.3. The number of carbonyl (C=O) groups excluding carboxylic acids is 1. The van der Waals surface area contributed by atoms with Crippen molar-refractivity contribution in [2.75, 3.05) is 33.5 Å². The van der Waals surface area contributed by atoms with Gasteiger partial charge in [0.2, 0.25) is 5.91 Å². The highest BCUT2D eigenvalue weighted by Gasteiger charge is 2.43. The summed E-state index contributed by atoms with van der Waals surface area (Å²) < 4.78 is 22.0. The van der Waals surface area contributed by atoms with Gasteiger partial charge in [-0.05, 0) is 48.2 Å². The summed E-state index contributed by atoms with van der Waals surface area (Å²) in [5, 5.41) is 3.16. The first kappa shape index (κ1) is 20.5. The molecule has 1 fully saturated rings. The van der Waals surface area contributed by atoms with E-state index in [2.05, 4.69) is 5.32 Å². The molecule has 1 N–H and O–H groups in total.